The maximum Gasteiger partial charge on any atom is 0.246 e. The van der Waals surface area contributed by atoms with Crippen LogP contribution in [-0.4, -0.2) is 29.8 Å². The van der Waals surface area contributed by atoms with Gasteiger partial charge in [-0.2, -0.15) is 0 Å². The number of rotatable bonds is 2. The van der Waals surface area contributed by atoms with Crippen LogP contribution in [-0.2, 0) is 9.16 Å². The van der Waals surface area contributed by atoms with Gasteiger partial charge in [0, 0.05) is 0 Å². The summed E-state index contributed by atoms with van der Waals surface area (Å²) in [6, 6.07) is 0. The van der Waals surface area contributed by atoms with E-state index in [0.29, 0.717) is 12.7 Å². The molecule has 0 amide bonds. The summed E-state index contributed by atoms with van der Waals surface area (Å²) < 4.78 is 9.34. The normalized spacial score (nSPS) is 30.5. The summed E-state index contributed by atoms with van der Waals surface area (Å²) in [7, 11) is 2.85. The Kier molecular flexibility index (Phi) is 1.24. The quantitative estimate of drug-likeness (QED) is 0.345. The fourth-order valence-electron chi connectivity index (χ4n) is 0.257. The summed E-state index contributed by atoms with van der Waals surface area (Å²) >= 11 is 0. The highest BCUT2D eigenvalue weighted by atomic mass is 28.2. The molecule has 0 aromatic heterocycles. The van der Waals surface area contributed by atoms with Gasteiger partial charge in [0.1, 0.15) is 6.10 Å². The predicted octanol–water partition coefficient (Wildman–Crippen LogP) is -0.515. The van der Waals surface area contributed by atoms with Crippen molar-refractivity contribution in [3.63, 3.8) is 0 Å². The van der Waals surface area contributed by atoms with Gasteiger partial charge >= 0.3 is 0 Å². The van der Waals surface area contributed by atoms with Crippen LogP contribution in [0, 0.1) is 0 Å². The van der Waals surface area contributed by atoms with Crippen LogP contribution in [0.15, 0.2) is 0 Å². The lowest BCUT2D eigenvalue weighted by Crippen LogP contribution is -1.96. The molecule has 1 atom stereocenters. The standard InChI is InChI=1S/C3H5O2Si/c6-5-2-3-1-4-3/h3H,1-2H2. The van der Waals surface area contributed by atoms with Gasteiger partial charge in [0.05, 0.1) is 13.2 Å². The van der Waals surface area contributed by atoms with Gasteiger partial charge in [0.25, 0.3) is 0 Å². The highest BCUT2D eigenvalue weighted by Crippen LogP contribution is 2.06. The number of hydrogen-bond donors (Lipinski definition) is 0. The van der Waals surface area contributed by atoms with E-state index >= 15 is 0 Å². The van der Waals surface area contributed by atoms with Crippen molar-refractivity contribution in [2.45, 2.75) is 6.10 Å². The Morgan fingerprint density at radius 1 is 2.00 bits per heavy atom. The highest BCUT2D eigenvalue weighted by molar-refractivity contribution is 5.97. The molecule has 1 saturated heterocycles. The largest absolute Gasteiger partial charge is 0.416 e. The summed E-state index contributed by atoms with van der Waals surface area (Å²) in [6.07, 6.45) is 0.377. The van der Waals surface area contributed by atoms with E-state index in [9.17, 15) is 0 Å². The van der Waals surface area contributed by atoms with Gasteiger partial charge in [-0.25, -0.2) is 0 Å². The van der Waals surface area contributed by atoms with E-state index in [0.717, 1.165) is 6.61 Å². The van der Waals surface area contributed by atoms with Crippen LogP contribution in [0.4, 0.5) is 0 Å². The van der Waals surface area contributed by atoms with E-state index in [1.54, 1.807) is 0 Å². The summed E-state index contributed by atoms with van der Waals surface area (Å²) in [4.78, 5) is 0. The Labute approximate surface area is 40.0 Å². The zero-order valence-corrected chi connectivity index (χ0v) is 4.31. The van der Waals surface area contributed by atoms with E-state index < -0.39 is 0 Å². The molecule has 0 bridgehead atoms. The molecule has 0 saturated carbocycles. The lowest BCUT2D eigenvalue weighted by molar-refractivity contribution is 0.281. The van der Waals surface area contributed by atoms with Crippen LogP contribution >= 0.6 is 0 Å². The van der Waals surface area contributed by atoms with E-state index in [1.807, 2.05) is 0 Å². The first kappa shape index (κ1) is 4.30. The van der Waals surface area contributed by atoms with Crippen molar-refractivity contribution in [1.29, 1.82) is 0 Å². The van der Waals surface area contributed by atoms with Crippen molar-refractivity contribution in [1.82, 2.24) is 0 Å². The van der Waals surface area contributed by atoms with Crippen molar-refractivity contribution in [2.75, 3.05) is 13.2 Å². The molecular weight excluding hydrogens is 96.1 g/mol. The van der Waals surface area contributed by atoms with E-state index in [1.165, 1.54) is 0 Å². The van der Waals surface area contributed by atoms with Crippen LogP contribution in [0.5, 0.6) is 0 Å². The molecule has 33 valence electrons. The number of epoxide rings is 1. The fourth-order valence-corrected chi connectivity index (χ4v) is 0.443. The molecule has 3 heteroatoms. The maximum absolute atomic E-state index is 4.79. The molecule has 2 nitrogen and oxygen atoms in total. The summed E-state index contributed by atoms with van der Waals surface area (Å²) in [5.74, 6) is 0. The van der Waals surface area contributed by atoms with Crippen molar-refractivity contribution >= 4 is 10.5 Å². The molecule has 1 aliphatic heterocycles. The topological polar surface area (TPSA) is 21.8 Å². The zero-order chi connectivity index (χ0) is 4.41. The van der Waals surface area contributed by atoms with Gasteiger partial charge in [0.2, 0.25) is 10.5 Å². The van der Waals surface area contributed by atoms with Gasteiger partial charge in [-0.15, -0.1) is 0 Å². The number of ether oxygens (including phenoxy) is 1. The van der Waals surface area contributed by atoms with E-state index in [-0.39, 0.29) is 0 Å². The lowest BCUT2D eigenvalue weighted by atomic mass is 10.5. The second kappa shape index (κ2) is 1.73. The van der Waals surface area contributed by atoms with Gasteiger partial charge in [0.15, 0.2) is 0 Å². The molecule has 1 aliphatic rings. The second-order valence-corrected chi connectivity index (χ2v) is 1.56. The Balaban J connectivity index is 1.88. The Bertz CT molecular complexity index is 44.1. The van der Waals surface area contributed by atoms with Gasteiger partial charge < -0.3 is 9.16 Å². The fraction of sp³-hybridized carbons (Fsp3) is 1.00. The maximum atomic E-state index is 4.79. The third-order valence-corrected chi connectivity index (χ3v) is 0.838. The van der Waals surface area contributed by atoms with E-state index in [4.69, 9.17) is 4.74 Å². The monoisotopic (exact) mass is 101 g/mol. The van der Waals surface area contributed by atoms with Crippen LogP contribution in [0.1, 0.15) is 0 Å². The molecule has 1 heterocycles. The first-order valence-electron chi connectivity index (χ1n) is 1.83. The zero-order valence-electron chi connectivity index (χ0n) is 3.31. The minimum Gasteiger partial charge on any atom is -0.416 e. The molecule has 0 spiro atoms. The van der Waals surface area contributed by atoms with Crippen molar-refractivity contribution in [2.24, 2.45) is 0 Å². The molecule has 0 N–H and O–H groups in total. The van der Waals surface area contributed by atoms with Crippen molar-refractivity contribution < 1.29 is 9.16 Å². The highest BCUT2D eigenvalue weighted by Gasteiger charge is 2.20. The average molecular weight is 101 g/mol. The summed E-state index contributed by atoms with van der Waals surface area (Å²) in [5.41, 5.74) is 0. The van der Waals surface area contributed by atoms with Crippen LogP contribution in [0.2, 0.25) is 0 Å². The first-order valence-corrected chi connectivity index (χ1v) is 2.24. The lowest BCUT2D eigenvalue weighted by Gasteiger charge is -1.84. The molecule has 6 heavy (non-hydrogen) atoms. The third kappa shape index (κ3) is 1.08. The number of hydrogen-bond acceptors (Lipinski definition) is 2. The molecule has 3 radical (unpaired) electrons. The summed E-state index contributed by atoms with van der Waals surface area (Å²) in [6.45, 7) is 1.54. The second-order valence-electron chi connectivity index (χ2n) is 1.27. The smallest absolute Gasteiger partial charge is 0.246 e. The summed E-state index contributed by atoms with van der Waals surface area (Å²) in [5, 5.41) is 0. The molecular formula is C3H5O2Si. The van der Waals surface area contributed by atoms with Crippen molar-refractivity contribution in [3.05, 3.63) is 0 Å². The van der Waals surface area contributed by atoms with Crippen LogP contribution < -0.4 is 0 Å². The van der Waals surface area contributed by atoms with Crippen LogP contribution in [0.25, 0.3) is 0 Å². The molecule has 0 aromatic rings. The van der Waals surface area contributed by atoms with Gasteiger partial charge in [-0.3, -0.25) is 0 Å². The van der Waals surface area contributed by atoms with Gasteiger partial charge in [-0.1, -0.05) is 0 Å². The Hall–Kier alpha value is 0.137. The molecule has 1 rings (SSSR count). The first-order chi connectivity index (χ1) is 2.93. The van der Waals surface area contributed by atoms with Crippen LogP contribution in [0.3, 0.4) is 0 Å². The molecule has 1 unspecified atom stereocenters. The van der Waals surface area contributed by atoms with E-state index in [2.05, 4.69) is 14.9 Å². The predicted molar refractivity (Wildman–Crippen MR) is 21.4 cm³/mol. The molecule has 1 fully saturated rings. The average Bonchev–Trinajstić information content (AvgIpc) is 2.21. The Morgan fingerprint density at radius 2 is 2.67 bits per heavy atom. The van der Waals surface area contributed by atoms with Gasteiger partial charge in [-0.05, 0) is 0 Å². The molecule has 0 aliphatic carbocycles. The Morgan fingerprint density at radius 3 is 2.83 bits per heavy atom. The third-order valence-electron chi connectivity index (χ3n) is 0.672. The SMILES string of the molecule is [Si]OCC1CO1. The minimum absolute atomic E-state index is 0.377. The van der Waals surface area contributed by atoms with Crippen molar-refractivity contribution in [3.8, 4) is 0 Å². The minimum atomic E-state index is 0.377. The molecule has 0 aromatic carbocycles.